The molecule has 1 amide bonds. The topological polar surface area (TPSA) is 49.4 Å². The van der Waals surface area contributed by atoms with Crippen LogP contribution in [0.15, 0.2) is 41.8 Å². The number of carbonyl (C=O) groups is 2. The van der Waals surface area contributed by atoms with Crippen LogP contribution in [0.2, 0.25) is 0 Å². The lowest BCUT2D eigenvalue weighted by Gasteiger charge is -2.31. The minimum absolute atomic E-state index is 0.000721. The van der Waals surface area contributed by atoms with Crippen LogP contribution in [0.1, 0.15) is 64.2 Å². The molecule has 1 aliphatic rings. The van der Waals surface area contributed by atoms with Crippen LogP contribution in [-0.2, 0) is 0 Å². The van der Waals surface area contributed by atoms with E-state index in [0.29, 0.717) is 17.0 Å². The second-order valence-corrected chi connectivity index (χ2v) is 7.75. The van der Waals surface area contributed by atoms with Gasteiger partial charge in [-0.2, -0.15) is 0 Å². The molecule has 0 unspecified atom stereocenters. The molecule has 1 fully saturated rings. The fourth-order valence-electron chi connectivity index (χ4n) is 3.47. The SMILES string of the molecule is CC(=O)c1cc(C(=O)NC[C@H](c2ccccc2)N2CCCCCC2)cs1. The Hall–Kier alpha value is -1.98. The van der Waals surface area contributed by atoms with Crippen molar-refractivity contribution in [1.82, 2.24) is 10.2 Å². The number of likely N-dealkylation sites (tertiary alicyclic amines) is 1. The molecule has 0 bridgehead atoms. The maximum Gasteiger partial charge on any atom is 0.252 e. The van der Waals surface area contributed by atoms with Crippen molar-refractivity contribution in [2.45, 2.75) is 38.6 Å². The van der Waals surface area contributed by atoms with Crippen LogP contribution < -0.4 is 5.32 Å². The summed E-state index contributed by atoms with van der Waals surface area (Å²) in [5.41, 5.74) is 1.81. The molecule has 138 valence electrons. The highest BCUT2D eigenvalue weighted by Crippen LogP contribution is 2.24. The molecule has 0 radical (unpaired) electrons. The summed E-state index contributed by atoms with van der Waals surface area (Å²) in [6, 6.07) is 12.3. The second-order valence-electron chi connectivity index (χ2n) is 6.84. The zero-order valence-electron chi connectivity index (χ0n) is 15.2. The summed E-state index contributed by atoms with van der Waals surface area (Å²) in [5.74, 6) is -0.106. The lowest BCUT2D eigenvalue weighted by Crippen LogP contribution is -2.38. The molecule has 1 aliphatic heterocycles. The molecule has 3 rings (SSSR count). The van der Waals surface area contributed by atoms with Gasteiger partial charge in [0.1, 0.15) is 0 Å². The summed E-state index contributed by atoms with van der Waals surface area (Å²) in [5, 5.41) is 4.84. The molecule has 1 N–H and O–H groups in total. The molecule has 1 saturated heterocycles. The van der Waals surface area contributed by atoms with E-state index in [2.05, 4.69) is 34.5 Å². The summed E-state index contributed by atoms with van der Waals surface area (Å²) < 4.78 is 0. The first-order valence-corrected chi connectivity index (χ1v) is 10.2. The van der Waals surface area contributed by atoms with E-state index in [1.165, 1.54) is 49.5 Å². The number of nitrogens with one attached hydrogen (secondary N) is 1. The van der Waals surface area contributed by atoms with Crippen LogP contribution in [0, 0.1) is 0 Å². The Kier molecular flexibility index (Phi) is 6.58. The van der Waals surface area contributed by atoms with Gasteiger partial charge >= 0.3 is 0 Å². The molecule has 1 aromatic heterocycles. The Labute approximate surface area is 159 Å². The average Bonchev–Trinajstić information content (AvgIpc) is 3.01. The third-order valence-corrected chi connectivity index (χ3v) is 5.96. The number of hydrogen-bond acceptors (Lipinski definition) is 4. The van der Waals surface area contributed by atoms with Gasteiger partial charge in [0.05, 0.1) is 16.5 Å². The molecular formula is C21H26N2O2S. The molecule has 0 saturated carbocycles. The number of nitrogens with zero attached hydrogens (tertiary/aromatic N) is 1. The quantitative estimate of drug-likeness (QED) is 0.772. The Balaban J connectivity index is 1.70. The fraction of sp³-hybridized carbons (Fsp3) is 0.429. The first-order valence-electron chi connectivity index (χ1n) is 9.32. The van der Waals surface area contributed by atoms with Gasteiger partial charge in [0, 0.05) is 11.9 Å². The average molecular weight is 371 g/mol. The third-order valence-electron chi connectivity index (χ3n) is 4.93. The van der Waals surface area contributed by atoms with Crippen molar-refractivity contribution in [3.63, 3.8) is 0 Å². The van der Waals surface area contributed by atoms with Gasteiger partial charge in [0.25, 0.3) is 5.91 Å². The minimum Gasteiger partial charge on any atom is -0.350 e. The highest BCUT2D eigenvalue weighted by molar-refractivity contribution is 7.12. The smallest absolute Gasteiger partial charge is 0.252 e. The zero-order valence-corrected chi connectivity index (χ0v) is 16.1. The number of thiophene rings is 1. The lowest BCUT2D eigenvalue weighted by atomic mass is 10.0. The maximum absolute atomic E-state index is 12.5. The summed E-state index contributed by atoms with van der Waals surface area (Å²) in [6.45, 7) is 4.25. The first kappa shape index (κ1) is 18.8. The molecule has 0 spiro atoms. The van der Waals surface area contributed by atoms with E-state index in [0.717, 1.165) is 13.1 Å². The number of rotatable bonds is 6. The fourth-order valence-corrected chi connectivity index (χ4v) is 4.26. The zero-order chi connectivity index (χ0) is 18.4. The van der Waals surface area contributed by atoms with Gasteiger partial charge in [0.2, 0.25) is 0 Å². The summed E-state index contributed by atoms with van der Waals surface area (Å²) in [6.07, 6.45) is 4.99. The standard InChI is InChI=1S/C21H26N2O2S/c1-16(24)20-13-18(15-26-20)21(25)22-14-19(17-9-5-4-6-10-17)23-11-7-2-3-8-12-23/h4-6,9-10,13,15,19H,2-3,7-8,11-12,14H2,1H3,(H,22,25)/t19-/m1/s1. The van der Waals surface area contributed by atoms with E-state index < -0.39 is 0 Å². The highest BCUT2D eigenvalue weighted by atomic mass is 32.1. The van der Waals surface area contributed by atoms with Crippen LogP contribution in [0.5, 0.6) is 0 Å². The molecule has 2 aromatic rings. The van der Waals surface area contributed by atoms with Crippen molar-refractivity contribution < 1.29 is 9.59 Å². The highest BCUT2D eigenvalue weighted by Gasteiger charge is 2.22. The van der Waals surface area contributed by atoms with Crippen molar-refractivity contribution in [3.05, 3.63) is 57.8 Å². The van der Waals surface area contributed by atoms with Crippen LogP contribution in [0.25, 0.3) is 0 Å². The van der Waals surface area contributed by atoms with E-state index in [9.17, 15) is 9.59 Å². The number of ketones is 1. The summed E-state index contributed by atoms with van der Waals surface area (Å²) in [4.78, 5) is 27.1. The number of carbonyl (C=O) groups excluding carboxylic acids is 2. The first-order chi connectivity index (χ1) is 12.6. The van der Waals surface area contributed by atoms with Gasteiger partial charge in [-0.1, -0.05) is 43.2 Å². The Bertz CT molecular complexity index is 733. The summed E-state index contributed by atoms with van der Waals surface area (Å²) >= 11 is 1.33. The molecule has 4 nitrogen and oxygen atoms in total. The Morgan fingerprint density at radius 3 is 2.42 bits per heavy atom. The number of Topliss-reactive ketones (excluding diaryl/α,β-unsaturated/α-hetero) is 1. The van der Waals surface area contributed by atoms with Crippen molar-refractivity contribution in [2.24, 2.45) is 0 Å². The lowest BCUT2D eigenvalue weighted by molar-refractivity contribution is 0.0933. The van der Waals surface area contributed by atoms with Crippen LogP contribution >= 0.6 is 11.3 Å². The van der Waals surface area contributed by atoms with Crippen molar-refractivity contribution >= 4 is 23.0 Å². The van der Waals surface area contributed by atoms with Crippen LogP contribution in [0.4, 0.5) is 0 Å². The minimum atomic E-state index is -0.107. The summed E-state index contributed by atoms with van der Waals surface area (Å²) in [7, 11) is 0. The van der Waals surface area contributed by atoms with Gasteiger partial charge < -0.3 is 5.32 Å². The molecule has 1 aromatic carbocycles. The Morgan fingerprint density at radius 1 is 1.12 bits per heavy atom. The second kappa shape index (κ2) is 9.10. The van der Waals surface area contributed by atoms with Crippen molar-refractivity contribution in [1.29, 1.82) is 0 Å². The predicted octanol–water partition coefficient (Wildman–Crippen LogP) is 4.30. The van der Waals surface area contributed by atoms with Crippen molar-refractivity contribution in [2.75, 3.05) is 19.6 Å². The van der Waals surface area contributed by atoms with Gasteiger partial charge in [0.15, 0.2) is 5.78 Å². The third kappa shape index (κ3) is 4.80. The predicted molar refractivity (Wildman–Crippen MR) is 106 cm³/mol. The maximum atomic E-state index is 12.5. The van der Waals surface area contributed by atoms with Crippen LogP contribution in [-0.4, -0.2) is 36.2 Å². The number of hydrogen-bond donors (Lipinski definition) is 1. The molecular weight excluding hydrogens is 344 g/mol. The number of amides is 1. The molecule has 2 heterocycles. The van der Waals surface area contributed by atoms with Crippen LogP contribution in [0.3, 0.4) is 0 Å². The number of benzene rings is 1. The largest absolute Gasteiger partial charge is 0.350 e. The van der Waals surface area contributed by atoms with E-state index >= 15 is 0 Å². The van der Waals surface area contributed by atoms with E-state index in [4.69, 9.17) is 0 Å². The van der Waals surface area contributed by atoms with Gasteiger partial charge in [-0.25, -0.2) is 0 Å². The van der Waals surface area contributed by atoms with Gasteiger partial charge in [-0.15, -0.1) is 11.3 Å². The monoisotopic (exact) mass is 370 g/mol. The molecule has 5 heteroatoms. The molecule has 0 aliphatic carbocycles. The van der Waals surface area contributed by atoms with Crippen molar-refractivity contribution in [3.8, 4) is 0 Å². The normalized spacial score (nSPS) is 16.7. The Morgan fingerprint density at radius 2 is 1.81 bits per heavy atom. The van der Waals surface area contributed by atoms with E-state index in [1.807, 2.05) is 6.07 Å². The van der Waals surface area contributed by atoms with Gasteiger partial charge in [-0.05, 0) is 44.5 Å². The van der Waals surface area contributed by atoms with Gasteiger partial charge in [-0.3, -0.25) is 14.5 Å². The molecule has 26 heavy (non-hydrogen) atoms. The van der Waals surface area contributed by atoms with E-state index in [-0.39, 0.29) is 17.7 Å². The molecule has 1 atom stereocenters. The van der Waals surface area contributed by atoms with E-state index in [1.54, 1.807) is 11.4 Å².